The van der Waals surface area contributed by atoms with Gasteiger partial charge in [0.1, 0.15) is 5.69 Å². The van der Waals surface area contributed by atoms with Gasteiger partial charge in [0, 0.05) is 9.85 Å². The second-order valence-electron chi connectivity index (χ2n) is 2.99. The van der Waals surface area contributed by atoms with Crippen LogP contribution < -0.4 is 0 Å². The van der Waals surface area contributed by atoms with Gasteiger partial charge in [0.2, 0.25) is 5.78 Å². The van der Waals surface area contributed by atoms with Gasteiger partial charge in [0.05, 0.1) is 15.7 Å². The summed E-state index contributed by atoms with van der Waals surface area (Å²) in [5.41, 5.74) is -0.293. The number of nitrogens with one attached hydrogen (secondary N) is 1. The average Bonchev–Trinajstić information content (AvgIpc) is 2.87. The first kappa shape index (κ1) is 12.5. The molecule has 0 bridgehead atoms. The van der Waals surface area contributed by atoms with Crippen LogP contribution in [-0.4, -0.2) is 26.8 Å². The zero-order chi connectivity index (χ0) is 12.6. The van der Waals surface area contributed by atoms with Gasteiger partial charge in [-0.1, -0.05) is 0 Å². The highest BCUT2D eigenvalue weighted by Gasteiger charge is 2.24. The van der Waals surface area contributed by atoms with Gasteiger partial charge >= 0.3 is 5.97 Å². The molecule has 0 unspecified atom stereocenters. The van der Waals surface area contributed by atoms with Gasteiger partial charge in [0.15, 0.2) is 5.69 Å². The van der Waals surface area contributed by atoms with E-state index in [1.54, 1.807) is 5.38 Å². The van der Waals surface area contributed by atoms with Crippen molar-refractivity contribution in [2.75, 3.05) is 0 Å². The Kier molecular flexibility index (Phi) is 3.45. The van der Waals surface area contributed by atoms with Gasteiger partial charge in [-0.05, 0) is 31.9 Å². The van der Waals surface area contributed by atoms with E-state index >= 15 is 0 Å². The summed E-state index contributed by atoms with van der Waals surface area (Å²) in [6.07, 6.45) is 1.19. The van der Waals surface area contributed by atoms with Crippen molar-refractivity contribution in [2.45, 2.75) is 0 Å². The lowest BCUT2D eigenvalue weighted by atomic mass is 10.2. The van der Waals surface area contributed by atoms with Crippen molar-refractivity contribution < 1.29 is 14.7 Å². The Morgan fingerprint density at radius 2 is 2.12 bits per heavy atom. The molecule has 5 nitrogen and oxygen atoms in total. The number of aromatic amines is 1. The Balaban J connectivity index is 2.48. The Labute approximate surface area is 116 Å². The fourth-order valence-electron chi connectivity index (χ4n) is 1.21. The number of carbonyl (C=O) groups is 2. The normalized spacial score (nSPS) is 10.5. The molecule has 0 aromatic carbocycles. The third kappa shape index (κ3) is 2.20. The minimum absolute atomic E-state index is 0.0902. The van der Waals surface area contributed by atoms with Crippen LogP contribution in [0.25, 0.3) is 0 Å². The summed E-state index contributed by atoms with van der Waals surface area (Å²) >= 11 is 7.73. The van der Waals surface area contributed by atoms with Gasteiger partial charge in [0.25, 0.3) is 0 Å². The number of carbonyl (C=O) groups excluding carboxylic acids is 1. The van der Waals surface area contributed by atoms with Gasteiger partial charge in [-0.3, -0.25) is 4.79 Å². The smallest absolute Gasteiger partial charge is 0.354 e. The second kappa shape index (κ2) is 4.71. The van der Waals surface area contributed by atoms with E-state index in [1.807, 2.05) is 0 Å². The second-order valence-corrected chi connectivity index (χ2v) is 5.51. The van der Waals surface area contributed by atoms with E-state index in [4.69, 9.17) is 5.11 Å². The number of thiophene rings is 1. The van der Waals surface area contributed by atoms with Gasteiger partial charge in [-0.15, -0.1) is 11.3 Å². The summed E-state index contributed by atoms with van der Waals surface area (Å²) in [5.74, 6) is -1.64. The molecule has 0 saturated carbocycles. The average molecular weight is 380 g/mol. The predicted molar refractivity (Wildman–Crippen MR) is 68.7 cm³/mol. The molecule has 0 aliphatic rings. The molecule has 0 amide bonds. The number of hydrogen-bond acceptors (Lipinski definition) is 4. The van der Waals surface area contributed by atoms with Crippen molar-refractivity contribution in [3.8, 4) is 0 Å². The fraction of sp³-hybridized carbons (Fsp3) is 0. The molecule has 88 valence electrons. The number of hydrogen-bond donors (Lipinski definition) is 2. The number of H-pyrrole nitrogens is 1. The number of rotatable bonds is 3. The number of halogens is 2. The Morgan fingerprint density at radius 3 is 2.65 bits per heavy atom. The van der Waals surface area contributed by atoms with E-state index in [9.17, 15) is 9.59 Å². The number of aromatic nitrogens is 2. The van der Waals surface area contributed by atoms with Crippen LogP contribution in [0.3, 0.4) is 0 Å². The van der Waals surface area contributed by atoms with Crippen molar-refractivity contribution >= 4 is 54.9 Å². The molecule has 0 spiro atoms. The van der Waals surface area contributed by atoms with Crippen molar-refractivity contribution in [2.24, 2.45) is 0 Å². The maximum absolute atomic E-state index is 12.1. The zero-order valence-corrected chi connectivity index (χ0v) is 12.0. The number of carboxylic acid groups (broad SMARTS) is 1. The molecule has 2 aromatic heterocycles. The van der Waals surface area contributed by atoms with Gasteiger partial charge < -0.3 is 10.1 Å². The minimum atomic E-state index is -1.21. The van der Waals surface area contributed by atoms with Crippen LogP contribution in [0.2, 0.25) is 0 Å². The first-order valence-electron chi connectivity index (χ1n) is 4.26. The van der Waals surface area contributed by atoms with Crippen molar-refractivity contribution in [3.05, 3.63) is 36.9 Å². The molecular weight excluding hydrogens is 376 g/mol. The van der Waals surface area contributed by atoms with Crippen LogP contribution >= 0.6 is 43.2 Å². The fourth-order valence-corrected chi connectivity index (χ4v) is 3.31. The standard InChI is InChI=1S/C9H4Br2N2O3S/c10-3-1-17-8(4(3)11)7(14)5-6(9(15)16)13-2-12-5/h1-2H,(H,12,13)(H,15,16). The highest BCUT2D eigenvalue weighted by Crippen LogP contribution is 2.34. The summed E-state index contributed by atoms with van der Waals surface area (Å²) in [7, 11) is 0. The Morgan fingerprint density at radius 1 is 1.41 bits per heavy atom. The topological polar surface area (TPSA) is 83.0 Å². The molecule has 0 aliphatic carbocycles. The van der Waals surface area contributed by atoms with E-state index in [0.717, 1.165) is 4.47 Å². The van der Waals surface area contributed by atoms with E-state index in [0.29, 0.717) is 9.35 Å². The molecule has 17 heavy (non-hydrogen) atoms. The van der Waals surface area contributed by atoms with Crippen LogP contribution in [0.4, 0.5) is 0 Å². The molecule has 0 atom stereocenters. The molecule has 0 radical (unpaired) electrons. The molecule has 0 aliphatic heterocycles. The van der Waals surface area contributed by atoms with Crippen LogP contribution in [0.15, 0.2) is 20.7 Å². The Bertz CT molecular complexity index is 605. The maximum Gasteiger partial charge on any atom is 0.354 e. The zero-order valence-electron chi connectivity index (χ0n) is 8.03. The molecule has 0 saturated heterocycles. The van der Waals surface area contributed by atoms with E-state index in [-0.39, 0.29) is 11.4 Å². The molecule has 8 heteroatoms. The number of nitrogens with zero attached hydrogens (tertiary/aromatic N) is 1. The molecular formula is C9H4Br2N2O3S. The summed E-state index contributed by atoms with van der Waals surface area (Å²) in [5, 5.41) is 10.6. The number of ketones is 1. The van der Waals surface area contributed by atoms with Crippen LogP contribution in [0.5, 0.6) is 0 Å². The van der Waals surface area contributed by atoms with Crippen LogP contribution in [-0.2, 0) is 0 Å². The van der Waals surface area contributed by atoms with Crippen molar-refractivity contribution in [1.82, 2.24) is 9.97 Å². The lowest BCUT2D eigenvalue weighted by Crippen LogP contribution is -2.08. The van der Waals surface area contributed by atoms with E-state index < -0.39 is 11.8 Å². The first-order valence-corrected chi connectivity index (χ1v) is 6.72. The largest absolute Gasteiger partial charge is 0.477 e. The third-order valence-corrected chi connectivity index (χ3v) is 5.49. The highest BCUT2D eigenvalue weighted by atomic mass is 79.9. The summed E-state index contributed by atoms with van der Waals surface area (Å²) < 4.78 is 1.35. The van der Waals surface area contributed by atoms with E-state index in [1.165, 1.54) is 17.7 Å². The SMILES string of the molecule is O=C(O)c1[nH]cnc1C(=O)c1scc(Br)c1Br. The van der Waals surface area contributed by atoms with Crippen molar-refractivity contribution in [3.63, 3.8) is 0 Å². The third-order valence-electron chi connectivity index (χ3n) is 1.96. The lowest BCUT2D eigenvalue weighted by Gasteiger charge is -1.97. The molecule has 2 rings (SSSR count). The number of carboxylic acids is 1. The van der Waals surface area contributed by atoms with Gasteiger partial charge in [-0.2, -0.15) is 0 Å². The molecule has 2 heterocycles. The number of aromatic carboxylic acids is 1. The summed E-state index contributed by atoms with van der Waals surface area (Å²) in [6, 6.07) is 0. The minimum Gasteiger partial charge on any atom is -0.477 e. The summed E-state index contributed by atoms with van der Waals surface area (Å²) in [6.45, 7) is 0. The number of imidazole rings is 1. The van der Waals surface area contributed by atoms with Crippen LogP contribution in [0.1, 0.15) is 25.9 Å². The molecule has 0 fully saturated rings. The van der Waals surface area contributed by atoms with Gasteiger partial charge in [-0.25, -0.2) is 9.78 Å². The van der Waals surface area contributed by atoms with E-state index in [2.05, 4.69) is 41.8 Å². The summed E-state index contributed by atoms with van der Waals surface area (Å²) in [4.78, 5) is 29.5. The Hall–Kier alpha value is -0.990. The predicted octanol–water partition coefficient (Wildman–Crippen LogP) is 2.93. The quantitative estimate of drug-likeness (QED) is 0.803. The molecule has 2 N–H and O–H groups in total. The lowest BCUT2D eigenvalue weighted by molar-refractivity contribution is 0.0687. The monoisotopic (exact) mass is 378 g/mol. The molecule has 2 aromatic rings. The van der Waals surface area contributed by atoms with Crippen LogP contribution in [0, 0.1) is 0 Å². The van der Waals surface area contributed by atoms with Crippen molar-refractivity contribution in [1.29, 1.82) is 0 Å². The first-order chi connectivity index (χ1) is 8.02. The maximum atomic E-state index is 12.1. The highest BCUT2D eigenvalue weighted by molar-refractivity contribution is 9.13.